The number of hydrogen-bond acceptors (Lipinski definition) is 4. The van der Waals surface area contributed by atoms with Gasteiger partial charge >= 0.3 is 0 Å². The van der Waals surface area contributed by atoms with Gasteiger partial charge in [-0.1, -0.05) is 12.1 Å². The summed E-state index contributed by atoms with van der Waals surface area (Å²) >= 11 is 0. The predicted molar refractivity (Wildman–Crippen MR) is 67.3 cm³/mol. The highest BCUT2D eigenvalue weighted by Crippen LogP contribution is 2.12. The molecule has 17 heavy (non-hydrogen) atoms. The predicted octanol–water partition coefficient (Wildman–Crippen LogP) is 1.04. The first-order valence-corrected chi connectivity index (χ1v) is 5.26. The van der Waals surface area contributed by atoms with Crippen molar-refractivity contribution in [1.29, 1.82) is 0 Å². The van der Waals surface area contributed by atoms with E-state index in [2.05, 4.69) is 10.4 Å². The van der Waals surface area contributed by atoms with E-state index in [9.17, 15) is 4.79 Å². The summed E-state index contributed by atoms with van der Waals surface area (Å²) in [6, 6.07) is 7.94. The molecule has 0 bridgehead atoms. The Balaban J connectivity index is 2.10. The van der Waals surface area contributed by atoms with Crippen molar-refractivity contribution in [3.63, 3.8) is 0 Å². The second-order valence-electron chi connectivity index (χ2n) is 3.85. The third kappa shape index (κ3) is 2.84. The number of nitrogens with two attached hydrogens (primary N) is 1. The van der Waals surface area contributed by atoms with Crippen LogP contribution < -0.4 is 11.2 Å². The van der Waals surface area contributed by atoms with Crippen molar-refractivity contribution >= 4 is 17.8 Å². The van der Waals surface area contributed by atoms with Gasteiger partial charge in [-0.05, 0) is 24.6 Å². The molecular formula is C12H14N4O. The first-order valence-electron chi connectivity index (χ1n) is 5.26. The molecule has 2 rings (SSSR count). The van der Waals surface area contributed by atoms with E-state index in [0.717, 1.165) is 11.3 Å². The molecule has 3 N–H and O–H groups in total. The number of hydrogen-bond donors (Lipinski definition) is 2. The first kappa shape index (κ1) is 11.2. The number of rotatable bonds is 3. The second-order valence-corrected chi connectivity index (χ2v) is 3.85. The number of aliphatic imine (C=N–C) groups is 1. The van der Waals surface area contributed by atoms with E-state index in [1.807, 2.05) is 31.2 Å². The van der Waals surface area contributed by atoms with E-state index in [1.54, 1.807) is 11.2 Å². The lowest BCUT2D eigenvalue weighted by Gasteiger charge is -2.23. The van der Waals surface area contributed by atoms with E-state index < -0.39 is 5.91 Å². The smallest absolute Gasteiger partial charge is 0.251 e. The lowest BCUT2D eigenvalue weighted by atomic mass is 10.2. The van der Waals surface area contributed by atoms with E-state index in [1.165, 1.54) is 6.21 Å². The minimum atomic E-state index is -0.482. The molecule has 1 heterocycles. The third-order valence-electron chi connectivity index (χ3n) is 2.33. The van der Waals surface area contributed by atoms with Gasteiger partial charge in [0.25, 0.3) is 5.91 Å². The fraction of sp³-hybridized carbons (Fsp3) is 0.167. The van der Waals surface area contributed by atoms with Crippen LogP contribution in [0.2, 0.25) is 0 Å². The van der Waals surface area contributed by atoms with Crippen LogP contribution in [-0.2, 0) is 4.79 Å². The molecule has 0 radical (unpaired) electrons. The summed E-state index contributed by atoms with van der Waals surface area (Å²) in [6.07, 6.45) is 3.13. The maximum Gasteiger partial charge on any atom is 0.251 e. The Morgan fingerprint density at radius 3 is 3.06 bits per heavy atom. The number of carbonyl (C=O) groups is 1. The van der Waals surface area contributed by atoms with Crippen molar-refractivity contribution in [2.75, 3.05) is 12.1 Å². The van der Waals surface area contributed by atoms with Crippen molar-refractivity contribution in [2.45, 2.75) is 6.92 Å². The topological polar surface area (TPSA) is 70.7 Å². The van der Waals surface area contributed by atoms with Gasteiger partial charge in [0.2, 0.25) is 0 Å². The molecule has 0 aromatic heterocycles. The molecule has 0 saturated carbocycles. The molecule has 1 aliphatic rings. The summed E-state index contributed by atoms with van der Waals surface area (Å²) < 4.78 is 0. The van der Waals surface area contributed by atoms with Crippen LogP contribution in [0.1, 0.15) is 5.56 Å². The monoisotopic (exact) mass is 230 g/mol. The van der Waals surface area contributed by atoms with Gasteiger partial charge in [-0.3, -0.25) is 20.2 Å². The zero-order valence-corrected chi connectivity index (χ0v) is 9.55. The average Bonchev–Trinajstić information content (AvgIpc) is 2.29. The summed E-state index contributed by atoms with van der Waals surface area (Å²) in [5, 5.41) is 1.72. The molecular weight excluding hydrogens is 216 g/mol. The van der Waals surface area contributed by atoms with E-state index in [-0.39, 0.29) is 0 Å². The SMILES string of the molecule is Cc1cccc(NN2C=C(C(N)=O)C=NC2)c1. The van der Waals surface area contributed by atoms with E-state index in [4.69, 9.17) is 5.73 Å². The van der Waals surface area contributed by atoms with Crippen LogP contribution >= 0.6 is 0 Å². The normalized spacial score (nSPS) is 14.4. The molecule has 5 heteroatoms. The summed E-state index contributed by atoms with van der Waals surface area (Å²) in [5.41, 5.74) is 10.8. The summed E-state index contributed by atoms with van der Waals surface area (Å²) in [6.45, 7) is 2.47. The molecule has 1 amide bonds. The zero-order valence-electron chi connectivity index (χ0n) is 9.55. The molecule has 0 spiro atoms. The van der Waals surface area contributed by atoms with Crippen molar-refractivity contribution in [3.05, 3.63) is 41.6 Å². The first-order chi connectivity index (χ1) is 8.15. The highest BCUT2D eigenvalue weighted by Gasteiger charge is 2.09. The number of benzene rings is 1. The van der Waals surface area contributed by atoms with Gasteiger partial charge in [0.1, 0.15) is 6.67 Å². The highest BCUT2D eigenvalue weighted by atomic mass is 16.1. The van der Waals surface area contributed by atoms with Gasteiger partial charge in [-0.25, -0.2) is 0 Å². The van der Waals surface area contributed by atoms with Crippen LogP contribution in [0, 0.1) is 6.92 Å². The number of nitrogens with one attached hydrogen (secondary N) is 1. The standard InChI is InChI=1S/C12H14N4O/c1-9-3-2-4-11(5-9)15-16-7-10(12(13)17)6-14-8-16/h2-7,15H,8H2,1H3,(H2,13,17). The van der Waals surface area contributed by atoms with Crippen LogP contribution in [0.25, 0.3) is 0 Å². The third-order valence-corrected chi connectivity index (χ3v) is 2.33. The van der Waals surface area contributed by atoms with Gasteiger partial charge < -0.3 is 5.73 Å². The van der Waals surface area contributed by atoms with Crippen LogP contribution in [0.3, 0.4) is 0 Å². The molecule has 0 aliphatic carbocycles. The highest BCUT2D eigenvalue weighted by molar-refractivity contribution is 6.11. The molecule has 1 aromatic rings. The number of anilines is 1. The van der Waals surface area contributed by atoms with Crippen molar-refractivity contribution < 1.29 is 4.79 Å². The quantitative estimate of drug-likeness (QED) is 0.814. The largest absolute Gasteiger partial charge is 0.366 e. The number of amides is 1. The fourth-order valence-corrected chi connectivity index (χ4v) is 1.54. The maximum absolute atomic E-state index is 11.0. The molecule has 0 unspecified atom stereocenters. The van der Waals surface area contributed by atoms with Gasteiger partial charge in [0, 0.05) is 12.4 Å². The second kappa shape index (κ2) is 4.69. The average molecular weight is 230 g/mol. The summed E-state index contributed by atoms with van der Waals surface area (Å²) in [5.74, 6) is -0.482. The van der Waals surface area contributed by atoms with Crippen LogP contribution in [-0.4, -0.2) is 23.8 Å². The fourth-order valence-electron chi connectivity index (χ4n) is 1.54. The number of hydrazine groups is 1. The Bertz CT molecular complexity index is 493. The summed E-state index contributed by atoms with van der Waals surface area (Å²) in [7, 11) is 0. The minimum absolute atomic E-state index is 0.386. The van der Waals surface area contributed by atoms with Gasteiger partial charge in [0.05, 0.1) is 11.3 Å². The lowest BCUT2D eigenvalue weighted by Crippen LogP contribution is -2.30. The minimum Gasteiger partial charge on any atom is -0.366 e. The molecule has 88 valence electrons. The number of nitrogens with zero attached hydrogens (tertiary/aromatic N) is 2. The molecule has 5 nitrogen and oxygen atoms in total. The lowest BCUT2D eigenvalue weighted by molar-refractivity contribution is -0.114. The number of primary amides is 1. The van der Waals surface area contributed by atoms with Crippen molar-refractivity contribution in [1.82, 2.24) is 5.01 Å². The Morgan fingerprint density at radius 2 is 2.35 bits per heavy atom. The molecule has 1 aliphatic heterocycles. The van der Waals surface area contributed by atoms with E-state index in [0.29, 0.717) is 12.2 Å². The molecule has 1 aromatic carbocycles. The zero-order chi connectivity index (χ0) is 12.3. The summed E-state index contributed by atoms with van der Waals surface area (Å²) in [4.78, 5) is 15.1. The Labute approximate surface area is 99.6 Å². The van der Waals surface area contributed by atoms with Crippen molar-refractivity contribution in [2.24, 2.45) is 10.7 Å². The van der Waals surface area contributed by atoms with Gasteiger partial charge in [0.15, 0.2) is 0 Å². The molecule has 0 saturated heterocycles. The van der Waals surface area contributed by atoms with Gasteiger partial charge in [-0.2, -0.15) is 0 Å². The number of aryl methyl sites for hydroxylation is 1. The Hall–Kier alpha value is -2.30. The number of carbonyl (C=O) groups excluding carboxylic acids is 1. The van der Waals surface area contributed by atoms with Crippen LogP contribution in [0.4, 0.5) is 5.69 Å². The molecule has 0 fully saturated rings. The van der Waals surface area contributed by atoms with Crippen molar-refractivity contribution in [3.8, 4) is 0 Å². The Morgan fingerprint density at radius 1 is 1.53 bits per heavy atom. The van der Waals surface area contributed by atoms with Crippen LogP contribution in [0.15, 0.2) is 41.0 Å². The van der Waals surface area contributed by atoms with Crippen LogP contribution in [0.5, 0.6) is 0 Å². The Kier molecular flexibility index (Phi) is 3.09. The molecule has 0 atom stereocenters. The van der Waals surface area contributed by atoms with Gasteiger partial charge in [-0.15, -0.1) is 0 Å². The van der Waals surface area contributed by atoms with E-state index >= 15 is 0 Å². The maximum atomic E-state index is 11.0.